The highest BCUT2D eigenvalue weighted by molar-refractivity contribution is 8.00. The van der Waals surface area contributed by atoms with E-state index in [1.807, 2.05) is 32.2 Å². The minimum atomic E-state index is -0.227. The quantitative estimate of drug-likeness (QED) is 0.486. The van der Waals surface area contributed by atoms with Crippen LogP contribution in [-0.4, -0.2) is 38.2 Å². The van der Waals surface area contributed by atoms with E-state index in [9.17, 15) is 9.59 Å². The molecule has 1 aliphatic rings. The number of thiophene rings is 1. The number of aromatic nitrogens is 3. The van der Waals surface area contributed by atoms with Crippen molar-refractivity contribution in [1.82, 2.24) is 20.1 Å². The summed E-state index contributed by atoms with van der Waals surface area (Å²) >= 11 is 2.83. The van der Waals surface area contributed by atoms with E-state index >= 15 is 0 Å². The predicted molar refractivity (Wildman–Crippen MR) is 107 cm³/mol. The van der Waals surface area contributed by atoms with Gasteiger partial charge >= 0.3 is 0 Å². The Kier molecular flexibility index (Phi) is 5.01. The summed E-state index contributed by atoms with van der Waals surface area (Å²) in [6, 6.07) is 5.97. The van der Waals surface area contributed by atoms with E-state index in [1.165, 1.54) is 23.1 Å². The van der Waals surface area contributed by atoms with Crippen LogP contribution in [0.3, 0.4) is 0 Å². The van der Waals surface area contributed by atoms with Gasteiger partial charge in [-0.2, -0.15) is 5.10 Å². The van der Waals surface area contributed by atoms with Crippen LogP contribution in [0.4, 0.5) is 0 Å². The molecule has 140 valence electrons. The topological polar surface area (TPSA) is 76.9 Å². The van der Waals surface area contributed by atoms with Crippen LogP contribution >= 0.6 is 23.1 Å². The van der Waals surface area contributed by atoms with Gasteiger partial charge in [-0.25, -0.2) is 4.98 Å². The van der Waals surface area contributed by atoms with Gasteiger partial charge in [-0.15, -0.1) is 11.3 Å². The number of hydrogen-bond donors (Lipinski definition) is 1. The molecule has 8 heteroatoms. The van der Waals surface area contributed by atoms with Crippen LogP contribution in [0.15, 0.2) is 35.6 Å². The fourth-order valence-corrected chi connectivity index (χ4v) is 4.85. The normalized spacial score (nSPS) is 15.0. The molecule has 6 nitrogen and oxygen atoms in total. The van der Waals surface area contributed by atoms with Gasteiger partial charge in [0.1, 0.15) is 10.5 Å². The van der Waals surface area contributed by atoms with Crippen LogP contribution < -0.4 is 5.32 Å². The molecule has 1 amide bonds. The lowest BCUT2D eigenvalue weighted by Gasteiger charge is -2.09. The van der Waals surface area contributed by atoms with Gasteiger partial charge in [-0.3, -0.25) is 14.3 Å². The van der Waals surface area contributed by atoms with Crippen LogP contribution in [0.1, 0.15) is 40.2 Å². The Morgan fingerprint density at radius 1 is 1.37 bits per heavy atom. The van der Waals surface area contributed by atoms with Gasteiger partial charge < -0.3 is 5.32 Å². The maximum atomic E-state index is 12.6. The summed E-state index contributed by atoms with van der Waals surface area (Å²) in [6.45, 7) is 1.89. The van der Waals surface area contributed by atoms with Gasteiger partial charge in [0.05, 0.1) is 22.7 Å². The summed E-state index contributed by atoms with van der Waals surface area (Å²) in [6.07, 6.45) is 5.67. The Morgan fingerprint density at radius 3 is 2.96 bits per heavy atom. The van der Waals surface area contributed by atoms with E-state index in [1.54, 1.807) is 17.1 Å². The van der Waals surface area contributed by atoms with Crippen LogP contribution in [-0.2, 0) is 11.8 Å². The molecule has 3 aromatic heterocycles. The summed E-state index contributed by atoms with van der Waals surface area (Å²) < 4.78 is 1.78. The van der Waals surface area contributed by atoms with E-state index in [4.69, 9.17) is 0 Å². The minimum Gasteiger partial charge on any atom is -0.353 e. The Morgan fingerprint density at radius 2 is 2.19 bits per heavy atom. The molecule has 1 fully saturated rings. The van der Waals surface area contributed by atoms with Crippen molar-refractivity contribution < 1.29 is 9.59 Å². The number of ketones is 1. The van der Waals surface area contributed by atoms with Gasteiger partial charge in [-0.05, 0) is 38.0 Å². The van der Waals surface area contributed by atoms with Gasteiger partial charge in [0, 0.05) is 29.5 Å². The molecule has 0 saturated heterocycles. The Hall–Kier alpha value is -2.19. The van der Waals surface area contributed by atoms with Crippen LogP contribution in [0, 0.1) is 0 Å². The molecule has 0 bridgehead atoms. The van der Waals surface area contributed by atoms with E-state index in [0.717, 1.165) is 33.6 Å². The summed E-state index contributed by atoms with van der Waals surface area (Å²) in [4.78, 5) is 30.8. The molecular formula is C19H20N4O2S2. The molecule has 1 unspecified atom stereocenters. The van der Waals surface area contributed by atoms with Crippen LogP contribution in [0.5, 0.6) is 0 Å². The third-order valence-electron chi connectivity index (χ3n) is 4.60. The number of fused-ring (bicyclic) bond motifs is 1. The standard InChI is InChI=1S/C19H20N4O2S2/c1-11(18(25)22-13-3-4-13)15-5-6-16(27-15)14(24)10-26-19-17-12(7-8-20-19)9-21-23(17)2/h5-9,11,13H,3-4,10H2,1-2H3,(H,22,25). The van der Waals surface area contributed by atoms with Gasteiger partial charge in [0.25, 0.3) is 0 Å². The third kappa shape index (κ3) is 3.91. The Labute approximate surface area is 165 Å². The SMILES string of the molecule is CC(C(=O)NC1CC1)c1ccc(C(=O)CSc2nccc3cnn(C)c23)s1. The highest BCUT2D eigenvalue weighted by Gasteiger charge is 2.27. The maximum absolute atomic E-state index is 12.6. The summed E-state index contributed by atoms with van der Waals surface area (Å²) in [7, 11) is 1.87. The monoisotopic (exact) mass is 400 g/mol. The summed E-state index contributed by atoms with van der Waals surface area (Å²) in [5.41, 5.74) is 0.938. The van der Waals surface area contributed by atoms with Crippen LogP contribution in [0.25, 0.3) is 10.9 Å². The molecule has 4 rings (SSSR count). The zero-order valence-corrected chi connectivity index (χ0v) is 16.8. The lowest BCUT2D eigenvalue weighted by molar-refractivity contribution is -0.122. The number of nitrogens with zero attached hydrogens (tertiary/aromatic N) is 3. The largest absolute Gasteiger partial charge is 0.353 e. The fourth-order valence-electron chi connectivity index (χ4n) is 2.81. The number of pyridine rings is 1. The molecule has 0 spiro atoms. The van der Waals surface area contributed by atoms with Gasteiger partial charge in [0.15, 0.2) is 5.78 Å². The zero-order valence-electron chi connectivity index (χ0n) is 15.1. The molecule has 0 aliphatic heterocycles. The first-order valence-electron chi connectivity index (χ1n) is 8.85. The third-order valence-corrected chi connectivity index (χ3v) is 6.89. The highest BCUT2D eigenvalue weighted by atomic mass is 32.2. The number of aryl methyl sites for hydroxylation is 1. The first-order valence-corrected chi connectivity index (χ1v) is 10.7. The molecule has 3 aromatic rings. The second-order valence-corrected chi connectivity index (χ2v) is 8.82. The lowest BCUT2D eigenvalue weighted by Crippen LogP contribution is -2.29. The highest BCUT2D eigenvalue weighted by Crippen LogP contribution is 2.30. The minimum absolute atomic E-state index is 0.0415. The molecular weight excluding hydrogens is 380 g/mol. The maximum Gasteiger partial charge on any atom is 0.228 e. The predicted octanol–water partition coefficient (Wildman–Crippen LogP) is 3.39. The number of thioether (sulfide) groups is 1. The smallest absolute Gasteiger partial charge is 0.228 e. The van der Waals surface area contributed by atoms with Gasteiger partial charge in [-0.1, -0.05) is 11.8 Å². The number of Topliss-reactive ketones (excluding diaryl/α,β-unsaturated/α-hetero) is 1. The van der Waals surface area contributed by atoms with E-state index in [-0.39, 0.29) is 17.6 Å². The van der Waals surface area contributed by atoms with Gasteiger partial charge in [0.2, 0.25) is 5.91 Å². The van der Waals surface area contributed by atoms with Crippen molar-refractivity contribution in [3.8, 4) is 0 Å². The number of hydrogen-bond acceptors (Lipinski definition) is 6. The molecule has 1 N–H and O–H groups in total. The fraction of sp³-hybridized carbons (Fsp3) is 0.368. The molecule has 1 saturated carbocycles. The van der Waals surface area contributed by atoms with E-state index in [0.29, 0.717) is 16.7 Å². The van der Waals surface area contributed by atoms with Crippen molar-refractivity contribution in [2.24, 2.45) is 7.05 Å². The first-order chi connectivity index (χ1) is 13.0. The van der Waals surface area contributed by atoms with Crippen molar-refractivity contribution >= 4 is 45.7 Å². The molecule has 1 aliphatic carbocycles. The second kappa shape index (κ2) is 7.44. The lowest BCUT2D eigenvalue weighted by atomic mass is 10.1. The van der Waals surface area contributed by atoms with Crippen molar-refractivity contribution in [3.63, 3.8) is 0 Å². The molecule has 0 aromatic carbocycles. The first kappa shape index (κ1) is 18.2. The van der Waals surface area contributed by atoms with Crippen molar-refractivity contribution in [2.45, 2.75) is 36.8 Å². The number of amides is 1. The number of carbonyl (C=O) groups excluding carboxylic acids is 2. The molecule has 0 radical (unpaired) electrons. The average molecular weight is 401 g/mol. The van der Waals surface area contributed by atoms with Crippen molar-refractivity contribution in [3.05, 3.63) is 40.3 Å². The average Bonchev–Trinajstić information content (AvgIpc) is 3.19. The van der Waals surface area contributed by atoms with Crippen molar-refractivity contribution in [1.29, 1.82) is 0 Å². The molecule has 3 heterocycles. The van der Waals surface area contributed by atoms with Crippen LogP contribution in [0.2, 0.25) is 0 Å². The number of carbonyl (C=O) groups is 2. The molecule has 27 heavy (non-hydrogen) atoms. The Bertz CT molecular complexity index is 1010. The Balaban J connectivity index is 1.42. The summed E-state index contributed by atoms with van der Waals surface area (Å²) in [5, 5.41) is 9.08. The molecule has 1 atom stereocenters. The van der Waals surface area contributed by atoms with Crippen molar-refractivity contribution in [2.75, 3.05) is 5.75 Å². The zero-order chi connectivity index (χ0) is 19.0. The second-order valence-electron chi connectivity index (χ2n) is 6.74. The number of nitrogens with one attached hydrogen (secondary N) is 1. The van der Waals surface area contributed by atoms with E-state index < -0.39 is 0 Å². The summed E-state index contributed by atoms with van der Waals surface area (Å²) in [5.74, 6) is 0.168. The number of rotatable bonds is 7. The van der Waals surface area contributed by atoms with E-state index in [2.05, 4.69) is 15.4 Å².